The highest BCUT2D eigenvalue weighted by Crippen LogP contribution is 2.16. The molecule has 1 aliphatic rings. The number of carboxylic acids is 1. The second kappa shape index (κ2) is 5.82. The van der Waals surface area contributed by atoms with Crippen LogP contribution in [0.3, 0.4) is 0 Å². The number of pyridine rings is 1. The van der Waals surface area contributed by atoms with Gasteiger partial charge in [-0.3, -0.25) is 4.79 Å². The molecule has 18 heavy (non-hydrogen) atoms. The zero-order chi connectivity index (χ0) is 13.0. The number of aromatic nitrogens is 1. The van der Waals surface area contributed by atoms with Gasteiger partial charge in [-0.25, -0.2) is 4.79 Å². The van der Waals surface area contributed by atoms with Gasteiger partial charge in [0, 0.05) is 19.3 Å². The van der Waals surface area contributed by atoms with Crippen LogP contribution in [0.4, 0.5) is 0 Å². The van der Waals surface area contributed by atoms with Crippen LogP contribution in [0, 0.1) is 0 Å². The van der Waals surface area contributed by atoms with Crippen LogP contribution in [0.15, 0.2) is 23.1 Å². The summed E-state index contributed by atoms with van der Waals surface area (Å²) in [7, 11) is 0. The van der Waals surface area contributed by atoms with E-state index in [9.17, 15) is 9.59 Å². The molecule has 1 aromatic heterocycles. The fourth-order valence-corrected chi connectivity index (χ4v) is 2.24. The van der Waals surface area contributed by atoms with Crippen LogP contribution >= 0.6 is 0 Å². The van der Waals surface area contributed by atoms with E-state index in [1.165, 1.54) is 10.6 Å². The van der Waals surface area contributed by atoms with E-state index in [1.807, 2.05) is 0 Å². The minimum atomic E-state index is -1.17. The highest BCUT2D eigenvalue weighted by atomic mass is 16.5. The highest BCUT2D eigenvalue weighted by molar-refractivity contribution is 5.86. The zero-order valence-electron chi connectivity index (χ0n) is 10.2. The number of hydrogen-bond acceptors (Lipinski definition) is 3. The van der Waals surface area contributed by atoms with Gasteiger partial charge in [0.15, 0.2) is 0 Å². The lowest BCUT2D eigenvalue weighted by Crippen LogP contribution is -2.26. The first-order chi connectivity index (χ1) is 8.68. The summed E-state index contributed by atoms with van der Waals surface area (Å²) in [5.41, 5.74) is -0.605. The van der Waals surface area contributed by atoms with Crippen molar-refractivity contribution in [3.8, 4) is 0 Å². The summed E-state index contributed by atoms with van der Waals surface area (Å²) >= 11 is 0. The molecule has 1 N–H and O–H groups in total. The van der Waals surface area contributed by atoms with Crippen molar-refractivity contribution in [1.82, 2.24) is 4.57 Å². The maximum atomic E-state index is 11.8. The Balaban J connectivity index is 1.94. The molecule has 0 amide bonds. The van der Waals surface area contributed by atoms with Crippen molar-refractivity contribution in [3.63, 3.8) is 0 Å². The minimum Gasteiger partial charge on any atom is -0.477 e. The van der Waals surface area contributed by atoms with Crippen LogP contribution in [0.25, 0.3) is 0 Å². The summed E-state index contributed by atoms with van der Waals surface area (Å²) in [6.07, 6.45) is 5.88. The minimum absolute atomic E-state index is 0.172. The fourth-order valence-electron chi connectivity index (χ4n) is 2.24. The Bertz CT molecular complexity index is 474. The van der Waals surface area contributed by atoms with E-state index >= 15 is 0 Å². The van der Waals surface area contributed by atoms with Crippen molar-refractivity contribution in [2.24, 2.45) is 0 Å². The van der Waals surface area contributed by atoms with Gasteiger partial charge in [-0.2, -0.15) is 0 Å². The van der Waals surface area contributed by atoms with Crippen molar-refractivity contribution in [3.05, 3.63) is 34.2 Å². The molecule has 1 aromatic rings. The molecule has 1 saturated heterocycles. The average Bonchev–Trinajstić information content (AvgIpc) is 2.84. The second-order valence-corrected chi connectivity index (χ2v) is 4.50. The molecular weight excluding hydrogens is 234 g/mol. The summed E-state index contributed by atoms with van der Waals surface area (Å²) in [6.45, 7) is 1.37. The van der Waals surface area contributed by atoms with Gasteiger partial charge in [-0.1, -0.05) is 0 Å². The normalized spacial score (nSPS) is 19.0. The Kier molecular flexibility index (Phi) is 4.15. The lowest BCUT2D eigenvalue weighted by Gasteiger charge is -2.10. The first-order valence-corrected chi connectivity index (χ1v) is 6.23. The van der Waals surface area contributed by atoms with E-state index in [0.29, 0.717) is 12.6 Å². The van der Waals surface area contributed by atoms with Crippen LogP contribution in [-0.4, -0.2) is 28.4 Å². The van der Waals surface area contributed by atoms with E-state index in [2.05, 4.69) is 0 Å². The van der Waals surface area contributed by atoms with E-state index in [-0.39, 0.29) is 5.56 Å². The topological polar surface area (TPSA) is 68.5 Å². The van der Waals surface area contributed by atoms with Crippen LogP contribution in [0.1, 0.15) is 36.0 Å². The van der Waals surface area contributed by atoms with E-state index in [1.54, 1.807) is 12.3 Å². The maximum absolute atomic E-state index is 11.8. The van der Waals surface area contributed by atoms with Crippen LogP contribution in [-0.2, 0) is 11.3 Å². The van der Waals surface area contributed by atoms with Gasteiger partial charge >= 0.3 is 5.97 Å². The molecule has 5 nitrogen and oxygen atoms in total. The Morgan fingerprint density at radius 2 is 2.39 bits per heavy atom. The molecule has 0 aliphatic carbocycles. The maximum Gasteiger partial charge on any atom is 0.341 e. The number of rotatable bonds is 5. The number of aryl methyl sites for hydroxylation is 1. The van der Waals surface area contributed by atoms with Crippen LogP contribution in [0.2, 0.25) is 0 Å². The molecular formula is C13H17NO4. The summed E-state index contributed by atoms with van der Waals surface area (Å²) in [5.74, 6) is -1.17. The predicted molar refractivity (Wildman–Crippen MR) is 65.9 cm³/mol. The van der Waals surface area contributed by atoms with Crippen LogP contribution < -0.4 is 5.56 Å². The quantitative estimate of drug-likeness (QED) is 0.861. The Labute approximate surface area is 105 Å². The van der Waals surface area contributed by atoms with Gasteiger partial charge in [0.05, 0.1) is 6.10 Å². The lowest BCUT2D eigenvalue weighted by atomic mass is 10.1. The third-order valence-electron chi connectivity index (χ3n) is 3.20. The molecule has 2 rings (SSSR count). The average molecular weight is 251 g/mol. The second-order valence-electron chi connectivity index (χ2n) is 4.50. The largest absolute Gasteiger partial charge is 0.477 e. The number of nitrogens with zero attached hydrogens (tertiary/aromatic N) is 1. The lowest BCUT2D eigenvalue weighted by molar-refractivity contribution is 0.0694. The highest BCUT2D eigenvalue weighted by Gasteiger charge is 2.15. The first-order valence-electron chi connectivity index (χ1n) is 6.23. The molecule has 1 fully saturated rings. The van der Waals surface area contributed by atoms with E-state index in [0.717, 1.165) is 32.3 Å². The van der Waals surface area contributed by atoms with E-state index in [4.69, 9.17) is 9.84 Å². The standard InChI is InChI=1S/C13H17NO4/c15-12-11(13(16)17)6-2-8-14(12)7-1-4-10-5-3-9-18-10/h2,6,8,10H,1,3-5,7,9H2,(H,16,17). The molecule has 0 radical (unpaired) electrons. The molecule has 0 aromatic carbocycles. The molecule has 98 valence electrons. The molecule has 1 unspecified atom stereocenters. The van der Waals surface area contributed by atoms with Crippen LogP contribution in [0.5, 0.6) is 0 Å². The number of aromatic carboxylic acids is 1. The predicted octanol–water partition coefficient (Wildman–Crippen LogP) is 1.51. The third kappa shape index (κ3) is 2.98. The Morgan fingerprint density at radius 3 is 3.06 bits per heavy atom. The third-order valence-corrected chi connectivity index (χ3v) is 3.20. The number of hydrogen-bond donors (Lipinski definition) is 1. The molecule has 0 bridgehead atoms. The van der Waals surface area contributed by atoms with Gasteiger partial charge < -0.3 is 14.4 Å². The first kappa shape index (κ1) is 12.8. The van der Waals surface area contributed by atoms with Crippen molar-refractivity contribution in [2.45, 2.75) is 38.3 Å². The number of ether oxygens (including phenoxy) is 1. The SMILES string of the molecule is O=C(O)c1cccn(CCCC2CCCO2)c1=O. The zero-order valence-corrected chi connectivity index (χ0v) is 10.2. The van der Waals surface area contributed by atoms with Gasteiger partial charge in [0.25, 0.3) is 5.56 Å². The molecule has 0 spiro atoms. The molecule has 1 atom stereocenters. The smallest absolute Gasteiger partial charge is 0.341 e. The van der Waals surface area contributed by atoms with E-state index < -0.39 is 11.5 Å². The summed E-state index contributed by atoms with van der Waals surface area (Å²) in [5, 5.41) is 8.85. The van der Waals surface area contributed by atoms with Crippen molar-refractivity contribution >= 4 is 5.97 Å². The van der Waals surface area contributed by atoms with Gasteiger partial charge in [-0.05, 0) is 37.8 Å². The molecule has 0 saturated carbocycles. The van der Waals surface area contributed by atoms with Gasteiger partial charge in [0.2, 0.25) is 0 Å². The van der Waals surface area contributed by atoms with Crippen molar-refractivity contribution in [2.75, 3.05) is 6.61 Å². The van der Waals surface area contributed by atoms with Crippen molar-refractivity contribution in [1.29, 1.82) is 0 Å². The summed E-state index contributed by atoms with van der Waals surface area (Å²) < 4.78 is 6.96. The van der Waals surface area contributed by atoms with Gasteiger partial charge in [0.1, 0.15) is 5.56 Å². The monoisotopic (exact) mass is 251 g/mol. The molecule has 1 aliphatic heterocycles. The van der Waals surface area contributed by atoms with Gasteiger partial charge in [-0.15, -0.1) is 0 Å². The molecule has 5 heteroatoms. The fraction of sp³-hybridized carbons (Fsp3) is 0.538. The summed E-state index contributed by atoms with van der Waals surface area (Å²) in [4.78, 5) is 22.6. The Morgan fingerprint density at radius 1 is 1.56 bits per heavy atom. The Hall–Kier alpha value is -1.62. The number of carboxylic acid groups (broad SMARTS) is 1. The molecule has 2 heterocycles. The van der Waals surface area contributed by atoms with Crippen molar-refractivity contribution < 1.29 is 14.6 Å². The summed E-state index contributed by atoms with van der Waals surface area (Å²) in [6, 6.07) is 2.93. The number of carbonyl (C=O) groups is 1.